The number of amides is 1. The number of hydrogen-bond donors (Lipinski definition) is 2. The summed E-state index contributed by atoms with van der Waals surface area (Å²) in [6.45, 7) is 4.52. The van der Waals surface area contributed by atoms with Crippen molar-refractivity contribution in [3.8, 4) is 0 Å². The fourth-order valence-electron chi connectivity index (χ4n) is 2.41. The van der Waals surface area contributed by atoms with Crippen molar-refractivity contribution >= 4 is 17.3 Å². The standard InChI is InChI=1S/C19H25N3O/c1-3-13-20-14-15-21-19(23)17-11-7-8-12-18(17)22(2)16-9-5-4-6-10-16/h4-12,20H,3,13-15H2,1-2H3,(H,21,23). The van der Waals surface area contributed by atoms with Gasteiger partial charge in [0.25, 0.3) is 5.91 Å². The quantitative estimate of drug-likeness (QED) is 0.736. The van der Waals surface area contributed by atoms with Crippen molar-refractivity contribution in [2.45, 2.75) is 13.3 Å². The Kier molecular flexibility index (Phi) is 6.63. The molecule has 0 saturated heterocycles. The van der Waals surface area contributed by atoms with E-state index in [9.17, 15) is 4.79 Å². The van der Waals surface area contributed by atoms with E-state index in [1.54, 1.807) is 0 Å². The SMILES string of the molecule is CCCNCCNC(=O)c1ccccc1N(C)c1ccccc1. The van der Waals surface area contributed by atoms with Crippen LogP contribution in [0.2, 0.25) is 0 Å². The zero-order valence-electron chi connectivity index (χ0n) is 13.9. The van der Waals surface area contributed by atoms with Gasteiger partial charge in [-0.1, -0.05) is 37.3 Å². The van der Waals surface area contributed by atoms with Gasteiger partial charge in [-0.25, -0.2) is 0 Å². The Hall–Kier alpha value is -2.33. The fraction of sp³-hybridized carbons (Fsp3) is 0.316. The van der Waals surface area contributed by atoms with Crippen LogP contribution in [-0.2, 0) is 0 Å². The molecule has 2 rings (SSSR count). The molecule has 0 aromatic heterocycles. The lowest BCUT2D eigenvalue weighted by atomic mass is 10.1. The third-order valence-corrected chi connectivity index (χ3v) is 3.67. The molecular formula is C19H25N3O. The van der Waals surface area contributed by atoms with Crippen LogP contribution in [0.4, 0.5) is 11.4 Å². The smallest absolute Gasteiger partial charge is 0.253 e. The molecule has 0 aliphatic heterocycles. The zero-order chi connectivity index (χ0) is 16.5. The first-order valence-corrected chi connectivity index (χ1v) is 8.10. The Morgan fingerprint density at radius 1 is 0.957 bits per heavy atom. The summed E-state index contributed by atoms with van der Waals surface area (Å²) in [6.07, 6.45) is 1.10. The highest BCUT2D eigenvalue weighted by Gasteiger charge is 2.14. The predicted molar refractivity (Wildman–Crippen MR) is 96.4 cm³/mol. The number of carbonyl (C=O) groups excluding carboxylic acids is 1. The van der Waals surface area contributed by atoms with E-state index in [1.165, 1.54) is 0 Å². The van der Waals surface area contributed by atoms with Gasteiger partial charge in [0.2, 0.25) is 0 Å². The fourth-order valence-corrected chi connectivity index (χ4v) is 2.41. The second-order valence-electron chi connectivity index (χ2n) is 5.42. The molecule has 0 atom stereocenters. The molecule has 0 fully saturated rings. The number of nitrogens with zero attached hydrogens (tertiary/aromatic N) is 1. The van der Waals surface area contributed by atoms with E-state index >= 15 is 0 Å². The molecule has 2 N–H and O–H groups in total. The molecule has 0 spiro atoms. The van der Waals surface area contributed by atoms with Gasteiger partial charge in [-0.3, -0.25) is 4.79 Å². The third kappa shape index (κ3) is 4.83. The van der Waals surface area contributed by atoms with Crippen LogP contribution in [-0.4, -0.2) is 32.6 Å². The number of anilines is 2. The number of hydrogen-bond acceptors (Lipinski definition) is 3. The molecule has 4 nitrogen and oxygen atoms in total. The molecule has 2 aromatic rings. The van der Waals surface area contributed by atoms with E-state index in [-0.39, 0.29) is 5.91 Å². The lowest BCUT2D eigenvalue weighted by Gasteiger charge is -2.22. The van der Waals surface area contributed by atoms with Gasteiger partial charge < -0.3 is 15.5 Å². The van der Waals surface area contributed by atoms with Crippen molar-refractivity contribution < 1.29 is 4.79 Å². The second kappa shape index (κ2) is 8.96. The minimum atomic E-state index is -0.0401. The molecule has 4 heteroatoms. The number of para-hydroxylation sites is 2. The van der Waals surface area contributed by atoms with E-state index in [0.717, 1.165) is 30.9 Å². The first kappa shape index (κ1) is 17.0. The van der Waals surface area contributed by atoms with E-state index in [4.69, 9.17) is 0 Å². The summed E-state index contributed by atoms with van der Waals surface area (Å²) in [7, 11) is 1.98. The Morgan fingerprint density at radius 3 is 2.39 bits per heavy atom. The molecule has 0 unspecified atom stereocenters. The minimum absolute atomic E-state index is 0.0401. The summed E-state index contributed by atoms with van der Waals surface area (Å²) in [4.78, 5) is 14.5. The molecule has 1 amide bonds. The van der Waals surface area contributed by atoms with E-state index in [2.05, 4.69) is 17.6 Å². The average Bonchev–Trinajstić information content (AvgIpc) is 2.61. The summed E-state index contributed by atoms with van der Waals surface area (Å²) in [5.41, 5.74) is 2.64. The van der Waals surface area contributed by atoms with Crippen molar-refractivity contribution in [3.05, 3.63) is 60.2 Å². The van der Waals surface area contributed by atoms with Crippen molar-refractivity contribution in [2.24, 2.45) is 0 Å². The summed E-state index contributed by atoms with van der Waals surface area (Å²) >= 11 is 0. The number of rotatable bonds is 8. The Morgan fingerprint density at radius 2 is 1.65 bits per heavy atom. The van der Waals surface area contributed by atoms with Crippen LogP contribution in [0.5, 0.6) is 0 Å². The average molecular weight is 311 g/mol. The molecule has 2 aromatic carbocycles. The van der Waals surface area contributed by atoms with Crippen molar-refractivity contribution in [1.29, 1.82) is 0 Å². The topological polar surface area (TPSA) is 44.4 Å². The van der Waals surface area contributed by atoms with Crippen LogP contribution < -0.4 is 15.5 Å². The lowest BCUT2D eigenvalue weighted by molar-refractivity contribution is 0.0954. The van der Waals surface area contributed by atoms with Crippen LogP contribution in [0.15, 0.2) is 54.6 Å². The van der Waals surface area contributed by atoms with Crippen LogP contribution >= 0.6 is 0 Å². The van der Waals surface area contributed by atoms with Crippen molar-refractivity contribution in [1.82, 2.24) is 10.6 Å². The third-order valence-electron chi connectivity index (χ3n) is 3.67. The largest absolute Gasteiger partial charge is 0.351 e. The van der Waals surface area contributed by atoms with Gasteiger partial charge in [0.05, 0.1) is 11.3 Å². The predicted octanol–water partition coefficient (Wildman–Crippen LogP) is 3.18. The van der Waals surface area contributed by atoms with E-state index in [0.29, 0.717) is 12.1 Å². The van der Waals surface area contributed by atoms with Crippen LogP contribution in [0.1, 0.15) is 23.7 Å². The summed E-state index contributed by atoms with van der Waals surface area (Å²) in [5, 5.41) is 6.26. The normalized spacial score (nSPS) is 10.3. The number of carbonyl (C=O) groups is 1. The maximum atomic E-state index is 12.5. The lowest BCUT2D eigenvalue weighted by Crippen LogP contribution is -2.32. The molecule has 23 heavy (non-hydrogen) atoms. The molecular weight excluding hydrogens is 286 g/mol. The van der Waals surface area contributed by atoms with Crippen LogP contribution in [0.25, 0.3) is 0 Å². The Labute approximate surface area is 138 Å². The molecule has 0 heterocycles. The molecule has 0 saturated carbocycles. The molecule has 0 aliphatic carbocycles. The molecule has 122 valence electrons. The van der Waals surface area contributed by atoms with Gasteiger partial charge in [0.15, 0.2) is 0 Å². The first-order chi connectivity index (χ1) is 11.2. The minimum Gasteiger partial charge on any atom is -0.351 e. The highest BCUT2D eigenvalue weighted by molar-refractivity contribution is 6.00. The van der Waals surface area contributed by atoms with Gasteiger partial charge in [-0.15, -0.1) is 0 Å². The Bertz CT molecular complexity index is 613. The number of nitrogens with one attached hydrogen (secondary N) is 2. The molecule has 0 aliphatic rings. The van der Waals surface area contributed by atoms with E-state index < -0.39 is 0 Å². The van der Waals surface area contributed by atoms with Gasteiger partial charge >= 0.3 is 0 Å². The van der Waals surface area contributed by atoms with Crippen molar-refractivity contribution in [3.63, 3.8) is 0 Å². The highest BCUT2D eigenvalue weighted by Crippen LogP contribution is 2.26. The van der Waals surface area contributed by atoms with E-state index in [1.807, 2.05) is 66.5 Å². The molecule has 0 radical (unpaired) electrons. The second-order valence-corrected chi connectivity index (χ2v) is 5.42. The summed E-state index contributed by atoms with van der Waals surface area (Å²) in [5.74, 6) is -0.0401. The van der Waals surface area contributed by atoms with Gasteiger partial charge in [0.1, 0.15) is 0 Å². The van der Waals surface area contributed by atoms with Gasteiger partial charge in [-0.05, 0) is 37.2 Å². The number of benzene rings is 2. The van der Waals surface area contributed by atoms with Crippen molar-refractivity contribution in [2.75, 3.05) is 31.6 Å². The Balaban J connectivity index is 2.06. The van der Waals surface area contributed by atoms with Gasteiger partial charge in [0, 0.05) is 25.8 Å². The first-order valence-electron chi connectivity index (χ1n) is 8.10. The van der Waals surface area contributed by atoms with Crippen LogP contribution in [0.3, 0.4) is 0 Å². The summed E-state index contributed by atoms with van der Waals surface area (Å²) in [6, 6.07) is 17.7. The van der Waals surface area contributed by atoms with Crippen LogP contribution in [0, 0.1) is 0 Å². The maximum absolute atomic E-state index is 12.5. The molecule has 0 bridgehead atoms. The van der Waals surface area contributed by atoms with Gasteiger partial charge in [-0.2, -0.15) is 0 Å². The summed E-state index contributed by atoms with van der Waals surface area (Å²) < 4.78 is 0. The zero-order valence-corrected chi connectivity index (χ0v) is 13.9. The monoisotopic (exact) mass is 311 g/mol. The maximum Gasteiger partial charge on any atom is 0.253 e. The highest BCUT2D eigenvalue weighted by atomic mass is 16.1.